The van der Waals surface area contributed by atoms with Gasteiger partial charge in [-0.05, 0) is 30.5 Å². The molecule has 0 aliphatic carbocycles. The van der Waals surface area contributed by atoms with Gasteiger partial charge in [0.05, 0.1) is 0 Å². The number of rotatable bonds is 9. The SMILES string of the molecule is C=C(CCN(C=O)CCc1cn(C)c2ccccc12)C[Si](C)(C)C. The molecule has 0 unspecified atom stereocenters. The second kappa shape index (κ2) is 7.84. The molecule has 0 spiro atoms. The molecule has 0 fully saturated rings. The molecule has 1 heterocycles. The Morgan fingerprint density at radius 3 is 2.62 bits per heavy atom. The lowest BCUT2D eigenvalue weighted by Gasteiger charge is -2.21. The maximum Gasteiger partial charge on any atom is 0.209 e. The zero-order chi connectivity index (χ0) is 17.7. The predicted octanol–water partition coefficient (Wildman–Crippen LogP) is 4.46. The van der Waals surface area contributed by atoms with Gasteiger partial charge in [0.1, 0.15) is 0 Å². The van der Waals surface area contributed by atoms with Crippen LogP contribution in [0.5, 0.6) is 0 Å². The van der Waals surface area contributed by atoms with E-state index in [0.717, 1.165) is 38.4 Å². The molecule has 0 N–H and O–H groups in total. The Hall–Kier alpha value is -1.81. The second-order valence-corrected chi connectivity index (χ2v) is 13.4. The number of aryl methyl sites for hydroxylation is 1. The van der Waals surface area contributed by atoms with Crippen molar-refractivity contribution in [2.45, 2.75) is 38.5 Å². The number of carbonyl (C=O) groups excluding carboxylic acids is 1. The molecule has 0 bridgehead atoms. The third kappa shape index (κ3) is 5.10. The van der Waals surface area contributed by atoms with Crippen LogP contribution in [0.1, 0.15) is 12.0 Å². The summed E-state index contributed by atoms with van der Waals surface area (Å²) >= 11 is 0. The molecule has 4 heteroatoms. The Labute approximate surface area is 147 Å². The van der Waals surface area contributed by atoms with Gasteiger partial charge in [0.15, 0.2) is 0 Å². The fraction of sp³-hybridized carbons (Fsp3) is 0.450. The van der Waals surface area contributed by atoms with Crippen molar-refractivity contribution >= 4 is 25.4 Å². The lowest BCUT2D eigenvalue weighted by atomic mass is 10.1. The number of para-hydroxylation sites is 1. The molecule has 1 aromatic heterocycles. The van der Waals surface area contributed by atoms with E-state index in [-0.39, 0.29) is 0 Å². The Bertz CT molecular complexity index is 712. The Morgan fingerprint density at radius 1 is 1.25 bits per heavy atom. The molecule has 24 heavy (non-hydrogen) atoms. The van der Waals surface area contributed by atoms with Crippen LogP contribution in [0.4, 0.5) is 0 Å². The molecule has 0 aliphatic heterocycles. The van der Waals surface area contributed by atoms with Crippen molar-refractivity contribution in [2.75, 3.05) is 13.1 Å². The third-order valence-electron chi connectivity index (χ3n) is 4.33. The first-order valence-electron chi connectivity index (χ1n) is 8.69. The molecule has 130 valence electrons. The van der Waals surface area contributed by atoms with Gasteiger partial charge in [0, 0.05) is 45.3 Å². The van der Waals surface area contributed by atoms with E-state index < -0.39 is 8.07 Å². The first-order chi connectivity index (χ1) is 11.3. The number of amides is 1. The van der Waals surface area contributed by atoms with Gasteiger partial charge in [0.2, 0.25) is 6.41 Å². The zero-order valence-electron chi connectivity index (χ0n) is 15.5. The molecule has 3 nitrogen and oxygen atoms in total. The highest BCUT2D eigenvalue weighted by Gasteiger charge is 2.15. The standard InChI is InChI=1S/C20H30N2OSi/c1-17(15-24(3,4)5)10-12-22(16-23)13-11-18-14-21(2)20-9-7-6-8-19(18)20/h6-9,14,16H,1,10-13,15H2,2-5H3. The normalized spacial score (nSPS) is 11.7. The van der Waals surface area contributed by atoms with Gasteiger partial charge in [0.25, 0.3) is 0 Å². The topological polar surface area (TPSA) is 25.2 Å². The van der Waals surface area contributed by atoms with Crippen molar-refractivity contribution in [1.82, 2.24) is 9.47 Å². The number of nitrogens with zero attached hydrogens (tertiary/aromatic N) is 2. The van der Waals surface area contributed by atoms with Gasteiger partial charge in [-0.25, -0.2) is 0 Å². The summed E-state index contributed by atoms with van der Waals surface area (Å²) in [5.74, 6) is 0. The van der Waals surface area contributed by atoms with E-state index in [4.69, 9.17) is 0 Å². The minimum absolute atomic E-state index is 0.762. The Balaban J connectivity index is 1.91. The van der Waals surface area contributed by atoms with Gasteiger partial charge in [-0.1, -0.05) is 43.4 Å². The van der Waals surface area contributed by atoms with Gasteiger partial charge >= 0.3 is 0 Å². The summed E-state index contributed by atoms with van der Waals surface area (Å²) in [5, 5.41) is 1.29. The first-order valence-corrected chi connectivity index (χ1v) is 12.4. The number of benzene rings is 1. The number of fused-ring (bicyclic) bond motifs is 1. The molecule has 0 radical (unpaired) electrons. The summed E-state index contributed by atoms with van der Waals surface area (Å²) in [6.45, 7) is 12.8. The number of hydrogen-bond acceptors (Lipinski definition) is 1. The largest absolute Gasteiger partial charge is 0.350 e. The monoisotopic (exact) mass is 342 g/mol. The maximum atomic E-state index is 11.4. The minimum Gasteiger partial charge on any atom is -0.350 e. The van der Waals surface area contributed by atoms with E-state index in [9.17, 15) is 4.79 Å². The Morgan fingerprint density at radius 2 is 1.96 bits per heavy atom. The zero-order valence-corrected chi connectivity index (χ0v) is 16.5. The number of carbonyl (C=O) groups is 1. The van der Waals surface area contributed by atoms with E-state index in [1.165, 1.54) is 22.0 Å². The highest BCUT2D eigenvalue weighted by molar-refractivity contribution is 6.76. The van der Waals surface area contributed by atoms with Crippen molar-refractivity contribution in [2.24, 2.45) is 7.05 Å². The van der Waals surface area contributed by atoms with Crippen LogP contribution in [0.3, 0.4) is 0 Å². The van der Waals surface area contributed by atoms with E-state index >= 15 is 0 Å². The van der Waals surface area contributed by atoms with Gasteiger partial charge in [-0.2, -0.15) is 0 Å². The minimum atomic E-state index is -1.11. The third-order valence-corrected chi connectivity index (χ3v) is 5.89. The van der Waals surface area contributed by atoms with Crippen molar-refractivity contribution in [3.05, 3.63) is 48.2 Å². The molecular weight excluding hydrogens is 312 g/mol. The van der Waals surface area contributed by atoms with Crippen LogP contribution in [-0.2, 0) is 18.3 Å². The van der Waals surface area contributed by atoms with Gasteiger partial charge < -0.3 is 9.47 Å². The quantitative estimate of drug-likeness (QED) is 0.375. The molecule has 2 aromatic rings. The van der Waals surface area contributed by atoms with E-state index in [0.29, 0.717) is 0 Å². The molecule has 0 atom stereocenters. The summed E-state index contributed by atoms with van der Waals surface area (Å²) in [7, 11) is 0.963. The summed E-state index contributed by atoms with van der Waals surface area (Å²) in [4.78, 5) is 13.3. The molecule has 1 amide bonds. The fourth-order valence-corrected chi connectivity index (χ4v) is 4.92. The smallest absolute Gasteiger partial charge is 0.209 e. The van der Waals surface area contributed by atoms with Crippen LogP contribution in [0.2, 0.25) is 25.7 Å². The van der Waals surface area contributed by atoms with Crippen molar-refractivity contribution in [1.29, 1.82) is 0 Å². The van der Waals surface area contributed by atoms with Crippen LogP contribution < -0.4 is 0 Å². The van der Waals surface area contributed by atoms with Crippen LogP contribution in [0, 0.1) is 0 Å². The highest BCUT2D eigenvalue weighted by atomic mass is 28.3. The van der Waals surface area contributed by atoms with Crippen molar-refractivity contribution in [3.63, 3.8) is 0 Å². The molecule has 1 aromatic carbocycles. The lowest BCUT2D eigenvalue weighted by Crippen LogP contribution is -2.27. The van der Waals surface area contributed by atoms with Crippen molar-refractivity contribution in [3.8, 4) is 0 Å². The molecule has 2 rings (SSSR count). The lowest BCUT2D eigenvalue weighted by molar-refractivity contribution is -0.118. The fourth-order valence-electron chi connectivity index (χ4n) is 3.25. The van der Waals surface area contributed by atoms with Crippen LogP contribution in [-0.4, -0.2) is 37.0 Å². The average molecular weight is 343 g/mol. The summed E-state index contributed by atoms with van der Waals surface area (Å²) in [6, 6.07) is 9.57. The van der Waals surface area contributed by atoms with Crippen molar-refractivity contribution < 1.29 is 4.79 Å². The maximum absolute atomic E-state index is 11.4. The van der Waals surface area contributed by atoms with Crippen LogP contribution >= 0.6 is 0 Å². The summed E-state index contributed by atoms with van der Waals surface area (Å²) in [5.41, 5.74) is 3.83. The van der Waals surface area contributed by atoms with Crippen LogP contribution in [0.15, 0.2) is 42.6 Å². The number of aromatic nitrogens is 1. The van der Waals surface area contributed by atoms with E-state index in [1.54, 1.807) is 0 Å². The Kier molecular flexibility index (Phi) is 6.05. The van der Waals surface area contributed by atoms with Crippen LogP contribution in [0.25, 0.3) is 10.9 Å². The first kappa shape index (κ1) is 18.5. The van der Waals surface area contributed by atoms with E-state index in [1.807, 2.05) is 4.90 Å². The molecule has 0 aliphatic rings. The average Bonchev–Trinajstić information content (AvgIpc) is 2.83. The number of hydrogen-bond donors (Lipinski definition) is 0. The van der Waals surface area contributed by atoms with Gasteiger partial charge in [-0.3, -0.25) is 4.79 Å². The van der Waals surface area contributed by atoms with E-state index in [2.05, 4.69) is 68.3 Å². The molecule has 0 saturated carbocycles. The molecule has 0 saturated heterocycles. The highest BCUT2D eigenvalue weighted by Crippen LogP contribution is 2.21. The second-order valence-electron chi connectivity index (χ2n) is 7.91. The molecular formula is C20H30N2OSi. The summed E-state index contributed by atoms with van der Waals surface area (Å²) < 4.78 is 2.16. The van der Waals surface area contributed by atoms with Gasteiger partial charge in [-0.15, -0.1) is 6.58 Å². The summed E-state index contributed by atoms with van der Waals surface area (Å²) in [6.07, 6.45) is 4.96. The predicted molar refractivity (Wildman–Crippen MR) is 106 cm³/mol.